The van der Waals surface area contributed by atoms with E-state index in [0.29, 0.717) is 10.9 Å². The minimum atomic E-state index is 0.353. The Balaban J connectivity index is 1.72. The summed E-state index contributed by atoms with van der Waals surface area (Å²) in [6, 6.07) is 0.835. The molecule has 0 amide bonds. The van der Waals surface area contributed by atoms with Gasteiger partial charge in [0.05, 0.1) is 4.99 Å². The second-order valence-electron chi connectivity index (χ2n) is 5.93. The Bertz CT molecular complexity index is 268. The molecule has 2 heterocycles. The second-order valence-corrected chi connectivity index (χ2v) is 6.40. The lowest BCUT2D eigenvalue weighted by molar-refractivity contribution is 0.0901. The van der Waals surface area contributed by atoms with Gasteiger partial charge in [0.1, 0.15) is 0 Å². The number of thiocarbonyl (C=S) groups is 1. The molecular weight excluding hydrogens is 242 g/mol. The van der Waals surface area contributed by atoms with Gasteiger partial charge in [0.2, 0.25) is 0 Å². The molecule has 2 rings (SSSR count). The molecule has 18 heavy (non-hydrogen) atoms. The maximum atomic E-state index is 5.69. The third-order valence-corrected chi connectivity index (χ3v) is 4.88. The van der Waals surface area contributed by atoms with Crippen molar-refractivity contribution < 1.29 is 0 Å². The molecule has 0 radical (unpaired) electrons. The zero-order valence-corrected chi connectivity index (χ0v) is 12.4. The van der Waals surface area contributed by atoms with Gasteiger partial charge in [-0.2, -0.15) is 0 Å². The van der Waals surface area contributed by atoms with E-state index < -0.39 is 0 Å². The van der Waals surface area contributed by atoms with Gasteiger partial charge in [-0.25, -0.2) is 0 Å². The molecule has 1 atom stereocenters. The minimum absolute atomic E-state index is 0.353. The summed E-state index contributed by atoms with van der Waals surface area (Å²) in [5.41, 5.74) is 5.69. The van der Waals surface area contributed by atoms with Gasteiger partial charge in [0, 0.05) is 18.5 Å². The van der Waals surface area contributed by atoms with Gasteiger partial charge in [-0.15, -0.1) is 0 Å². The maximum Gasteiger partial charge on any atom is 0.0768 e. The van der Waals surface area contributed by atoms with Gasteiger partial charge in [-0.1, -0.05) is 25.6 Å². The van der Waals surface area contributed by atoms with Crippen LogP contribution in [-0.2, 0) is 0 Å². The number of hydrogen-bond acceptors (Lipinski definition) is 3. The average molecular weight is 269 g/mol. The van der Waals surface area contributed by atoms with Crippen LogP contribution in [0, 0.1) is 5.92 Å². The Kier molecular flexibility index (Phi) is 5.39. The fraction of sp³-hybridized carbons (Fsp3) is 0.929. The normalized spacial score (nSPS) is 26.1. The van der Waals surface area contributed by atoms with Gasteiger partial charge in [-0.05, 0) is 51.9 Å². The molecule has 4 heteroatoms. The molecule has 0 aromatic heterocycles. The van der Waals surface area contributed by atoms with Crippen molar-refractivity contribution in [3.8, 4) is 0 Å². The van der Waals surface area contributed by atoms with Crippen molar-refractivity contribution in [3.63, 3.8) is 0 Å². The quantitative estimate of drug-likeness (QED) is 0.790. The Morgan fingerprint density at radius 3 is 2.33 bits per heavy atom. The molecule has 2 aliphatic heterocycles. The third kappa shape index (κ3) is 3.90. The fourth-order valence-corrected chi connectivity index (χ4v) is 3.30. The summed E-state index contributed by atoms with van der Waals surface area (Å²) in [7, 11) is 0. The zero-order valence-electron chi connectivity index (χ0n) is 11.6. The van der Waals surface area contributed by atoms with E-state index in [-0.39, 0.29) is 0 Å². The predicted octanol–water partition coefficient (Wildman–Crippen LogP) is 1.86. The Morgan fingerprint density at radius 2 is 1.78 bits per heavy atom. The largest absolute Gasteiger partial charge is 0.393 e. The lowest BCUT2D eigenvalue weighted by Crippen LogP contribution is -2.48. The van der Waals surface area contributed by atoms with Crippen LogP contribution in [0.3, 0.4) is 0 Å². The Morgan fingerprint density at radius 1 is 1.17 bits per heavy atom. The lowest BCUT2D eigenvalue weighted by Gasteiger charge is -2.40. The summed E-state index contributed by atoms with van der Waals surface area (Å²) < 4.78 is 0. The number of piperidine rings is 2. The number of nitrogens with two attached hydrogens (primary N) is 1. The summed E-state index contributed by atoms with van der Waals surface area (Å²) in [6.07, 6.45) is 6.88. The molecule has 1 unspecified atom stereocenters. The van der Waals surface area contributed by atoms with E-state index in [9.17, 15) is 0 Å². The van der Waals surface area contributed by atoms with E-state index in [1.807, 2.05) is 0 Å². The molecule has 0 aromatic carbocycles. The summed E-state index contributed by atoms with van der Waals surface area (Å²) in [4.78, 5) is 5.91. The van der Waals surface area contributed by atoms with Gasteiger partial charge in [-0.3, -0.25) is 0 Å². The van der Waals surface area contributed by atoms with Crippen LogP contribution in [0.15, 0.2) is 0 Å². The lowest BCUT2D eigenvalue weighted by atomic mass is 9.99. The maximum absolute atomic E-state index is 5.69. The van der Waals surface area contributed by atoms with Crippen molar-refractivity contribution in [1.29, 1.82) is 0 Å². The van der Waals surface area contributed by atoms with Gasteiger partial charge < -0.3 is 15.5 Å². The molecule has 2 N–H and O–H groups in total. The zero-order chi connectivity index (χ0) is 13.0. The van der Waals surface area contributed by atoms with Crippen LogP contribution in [0.5, 0.6) is 0 Å². The van der Waals surface area contributed by atoms with Crippen LogP contribution in [0.2, 0.25) is 0 Å². The van der Waals surface area contributed by atoms with Crippen molar-refractivity contribution in [2.45, 2.75) is 45.1 Å². The predicted molar refractivity (Wildman–Crippen MR) is 80.8 cm³/mol. The molecular formula is C14H27N3S. The number of likely N-dealkylation sites (tertiary alicyclic amines) is 2. The van der Waals surface area contributed by atoms with E-state index in [1.165, 1.54) is 58.3 Å². The first-order chi connectivity index (χ1) is 8.66. The van der Waals surface area contributed by atoms with Crippen LogP contribution >= 0.6 is 12.2 Å². The summed E-state index contributed by atoms with van der Waals surface area (Å²) in [6.45, 7) is 8.27. The van der Waals surface area contributed by atoms with Gasteiger partial charge in [0.15, 0.2) is 0 Å². The third-order valence-electron chi connectivity index (χ3n) is 4.48. The molecule has 0 aromatic rings. The highest BCUT2D eigenvalue weighted by molar-refractivity contribution is 7.80. The van der Waals surface area contributed by atoms with Crippen LogP contribution in [-0.4, -0.2) is 53.6 Å². The van der Waals surface area contributed by atoms with E-state index in [0.717, 1.165) is 12.6 Å². The molecule has 0 saturated carbocycles. The van der Waals surface area contributed by atoms with E-state index >= 15 is 0 Å². The van der Waals surface area contributed by atoms with Crippen molar-refractivity contribution in [2.24, 2.45) is 11.7 Å². The Hall–Kier alpha value is -0.190. The van der Waals surface area contributed by atoms with Crippen molar-refractivity contribution in [2.75, 3.05) is 32.7 Å². The Labute approximate surface area is 117 Å². The summed E-state index contributed by atoms with van der Waals surface area (Å²) in [5.74, 6) is 0.353. The standard InChI is InChI=1S/C14H27N3S/c1-12(14(15)18)11-16-9-5-13(6-10-16)17-7-3-2-4-8-17/h12-13H,2-11H2,1H3,(H2,15,18). The van der Waals surface area contributed by atoms with Crippen molar-refractivity contribution in [1.82, 2.24) is 9.80 Å². The van der Waals surface area contributed by atoms with E-state index in [4.69, 9.17) is 18.0 Å². The molecule has 0 bridgehead atoms. The topological polar surface area (TPSA) is 32.5 Å². The number of rotatable bonds is 4. The highest BCUT2D eigenvalue weighted by Crippen LogP contribution is 2.21. The van der Waals surface area contributed by atoms with Crippen molar-refractivity contribution in [3.05, 3.63) is 0 Å². The minimum Gasteiger partial charge on any atom is -0.393 e. The molecule has 0 aliphatic carbocycles. The molecule has 3 nitrogen and oxygen atoms in total. The van der Waals surface area contributed by atoms with Gasteiger partial charge in [0.25, 0.3) is 0 Å². The second kappa shape index (κ2) is 6.83. The summed E-state index contributed by atoms with van der Waals surface area (Å²) in [5, 5.41) is 0. The summed E-state index contributed by atoms with van der Waals surface area (Å²) >= 11 is 5.06. The molecule has 2 aliphatic rings. The SMILES string of the molecule is CC(CN1CCC(N2CCCCC2)CC1)C(N)=S. The first-order valence-electron chi connectivity index (χ1n) is 7.42. The highest BCUT2D eigenvalue weighted by Gasteiger charge is 2.26. The molecule has 2 saturated heterocycles. The van der Waals surface area contributed by atoms with Crippen LogP contribution in [0.4, 0.5) is 0 Å². The highest BCUT2D eigenvalue weighted by atomic mass is 32.1. The van der Waals surface area contributed by atoms with Crippen LogP contribution < -0.4 is 5.73 Å². The number of hydrogen-bond donors (Lipinski definition) is 1. The van der Waals surface area contributed by atoms with Crippen molar-refractivity contribution >= 4 is 17.2 Å². The molecule has 104 valence electrons. The molecule has 0 spiro atoms. The van der Waals surface area contributed by atoms with E-state index in [1.54, 1.807) is 0 Å². The first kappa shape index (κ1) is 14.2. The molecule has 2 fully saturated rings. The average Bonchev–Trinajstić information content (AvgIpc) is 2.40. The van der Waals surface area contributed by atoms with Crippen LogP contribution in [0.1, 0.15) is 39.0 Å². The van der Waals surface area contributed by atoms with Crippen LogP contribution in [0.25, 0.3) is 0 Å². The fourth-order valence-electron chi connectivity index (χ4n) is 3.23. The van der Waals surface area contributed by atoms with E-state index in [2.05, 4.69) is 16.7 Å². The number of nitrogens with zero attached hydrogens (tertiary/aromatic N) is 2. The van der Waals surface area contributed by atoms with Gasteiger partial charge >= 0.3 is 0 Å². The first-order valence-corrected chi connectivity index (χ1v) is 7.83. The monoisotopic (exact) mass is 269 g/mol. The smallest absolute Gasteiger partial charge is 0.0768 e.